The highest BCUT2D eigenvalue weighted by Crippen LogP contribution is 2.21. The molecule has 1 aromatic rings. The number of halogens is 1. The maximum absolute atomic E-state index is 5.79. The van der Waals surface area contributed by atoms with Gasteiger partial charge in [-0.25, -0.2) is 4.98 Å². The van der Waals surface area contributed by atoms with E-state index in [9.17, 15) is 0 Å². The SMILES string of the molecule is CC(C)CCc1ccnc(Cl)c1N. The first-order valence-electron chi connectivity index (χ1n) is 4.50. The van der Waals surface area contributed by atoms with Gasteiger partial charge in [0.2, 0.25) is 0 Å². The molecule has 1 aromatic heterocycles. The van der Waals surface area contributed by atoms with Gasteiger partial charge in [0.25, 0.3) is 0 Å². The van der Waals surface area contributed by atoms with Gasteiger partial charge in [0.15, 0.2) is 5.15 Å². The van der Waals surface area contributed by atoms with Gasteiger partial charge < -0.3 is 5.73 Å². The van der Waals surface area contributed by atoms with Crippen LogP contribution in [0.25, 0.3) is 0 Å². The summed E-state index contributed by atoms with van der Waals surface area (Å²) >= 11 is 5.79. The van der Waals surface area contributed by atoms with Crippen molar-refractivity contribution in [2.45, 2.75) is 26.7 Å². The van der Waals surface area contributed by atoms with Gasteiger partial charge in [-0.3, -0.25) is 0 Å². The minimum Gasteiger partial charge on any atom is -0.396 e. The zero-order valence-electron chi connectivity index (χ0n) is 8.05. The van der Waals surface area contributed by atoms with E-state index in [4.69, 9.17) is 17.3 Å². The van der Waals surface area contributed by atoms with Crippen LogP contribution in [-0.4, -0.2) is 4.98 Å². The molecule has 0 atom stereocenters. The van der Waals surface area contributed by atoms with Crippen LogP contribution >= 0.6 is 11.6 Å². The summed E-state index contributed by atoms with van der Waals surface area (Å²) in [6.45, 7) is 4.39. The van der Waals surface area contributed by atoms with Crippen LogP contribution in [0.15, 0.2) is 12.3 Å². The standard InChI is InChI=1S/C10H15ClN2/c1-7(2)3-4-8-5-6-13-10(11)9(8)12/h5-7H,3-4,12H2,1-2H3. The Morgan fingerprint density at radius 2 is 2.23 bits per heavy atom. The van der Waals surface area contributed by atoms with Crippen LogP contribution in [0.4, 0.5) is 5.69 Å². The van der Waals surface area contributed by atoms with Crippen molar-refractivity contribution in [3.63, 3.8) is 0 Å². The Labute approximate surface area is 84.1 Å². The molecule has 0 unspecified atom stereocenters. The molecule has 3 heteroatoms. The number of hydrogen-bond acceptors (Lipinski definition) is 2. The summed E-state index contributed by atoms with van der Waals surface area (Å²) in [6.07, 6.45) is 3.81. The molecule has 1 heterocycles. The minimum absolute atomic E-state index is 0.418. The molecule has 1 rings (SSSR count). The zero-order valence-corrected chi connectivity index (χ0v) is 8.80. The molecule has 0 saturated carbocycles. The number of hydrogen-bond donors (Lipinski definition) is 1. The Balaban J connectivity index is 2.71. The van der Waals surface area contributed by atoms with Crippen molar-refractivity contribution in [3.8, 4) is 0 Å². The lowest BCUT2D eigenvalue weighted by Crippen LogP contribution is -1.99. The Morgan fingerprint density at radius 3 is 2.85 bits per heavy atom. The van der Waals surface area contributed by atoms with Crippen LogP contribution in [0.2, 0.25) is 5.15 Å². The van der Waals surface area contributed by atoms with E-state index < -0.39 is 0 Å². The number of anilines is 1. The predicted molar refractivity (Wildman–Crippen MR) is 56.8 cm³/mol. The monoisotopic (exact) mass is 198 g/mol. The molecule has 2 nitrogen and oxygen atoms in total. The van der Waals surface area contributed by atoms with Crippen molar-refractivity contribution < 1.29 is 0 Å². The highest BCUT2D eigenvalue weighted by Gasteiger charge is 2.04. The average Bonchev–Trinajstić information content (AvgIpc) is 2.07. The van der Waals surface area contributed by atoms with E-state index in [0.29, 0.717) is 16.8 Å². The van der Waals surface area contributed by atoms with E-state index in [-0.39, 0.29) is 0 Å². The summed E-state index contributed by atoms with van der Waals surface area (Å²) < 4.78 is 0. The lowest BCUT2D eigenvalue weighted by Gasteiger charge is -2.07. The Morgan fingerprint density at radius 1 is 1.54 bits per heavy atom. The number of aryl methyl sites for hydroxylation is 1. The lowest BCUT2D eigenvalue weighted by molar-refractivity contribution is 0.587. The number of rotatable bonds is 3. The van der Waals surface area contributed by atoms with Crippen molar-refractivity contribution >= 4 is 17.3 Å². The Bertz CT molecular complexity index is 284. The molecule has 0 aliphatic carbocycles. The summed E-state index contributed by atoms with van der Waals surface area (Å²) in [5.74, 6) is 0.686. The highest BCUT2D eigenvalue weighted by atomic mass is 35.5. The summed E-state index contributed by atoms with van der Waals surface area (Å²) in [4.78, 5) is 3.91. The third kappa shape index (κ3) is 2.88. The molecule has 0 spiro atoms. The molecule has 0 aliphatic rings. The number of nitrogens with two attached hydrogens (primary N) is 1. The molecule has 0 amide bonds. The summed E-state index contributed by atoms with van der Waals surface area (Å²) in [5.41, 5.74) is 7.51. The number of nitrogen functional groups attached to an aromatic ring is 1. The predicted octanol–water partition coefficient (Wildman–Crippen LogP) is 2.91. The zero-order chi connectivity index (χ0) is 9.84. The fourth-order valence-corrected chi connectivity index (χ4v) is 1.32. The van der Waals surface area contributed by atoms with Crippen LogP contribution in [0.1, 0.15) is 25.8 Å². The van der Waals surface area contributed by atoms with Crippen molar-refractivity contribution in [2.24, 2.45) is 5.92 Å². The molecular formula is C10H15ClN2. The quantitative estimate of drug-likeness (QED) is 0.759. The van der Waals surface area contributed by atoms with Crippen molar-refractivity contribution in [1.82, 2.24) is 4.98 Å². The first-order chi connectivity index (χ1) is 6.11. The van der Waals surface area contributed by atoms with Gasteiger partial charge in [0.05, 0.1) is 5.69 Å². The molecule has 13 heavy (non-hydrogen) atoms. The molecule has 0 aromatic carbocycles. The third-order valence-electron chi connectivity index (χ3n) is 2.02. The van der Waals surface area contributed by atoms with Gasteiger partial charge >= 0.3 is 0 Å². The van der Waals surface area contributed by atoms with E-state index in [1.165, 1.54) is 0 Å². The molecular weight excluding hydrogens is 184 g/mol. The second-order valence-electron chi connectivity index (χ2n) is 3.61. The molecule has 0 fully saturated rings. The van der Waals surface area contributed by atoms with Crippen molar-refractivity contribution in [2.75, 3.05) is 5.73 Å². The summed E-state index contributed by atoms with van der Waals surface area (Å²) in [5, 5.41) is 0.418. The number of nitrogens with zero attached hydrogens (tertiary/aromatic N) is 1. The summed E-state index contributed by atoms with van der Waals surface area (Å²) in [7, 11) is 0. The van der Waals surface area contributed by atoms with Gasteiger partial charge in [0.1, 0.15) is 0 Å². The van der Waals surface area contributed by atoms with E-state index >= 15 is 0 Å². The fraction of sp³-hybridized carbons (Fsp3) is 0.500. The van der Waals surface area contributed by atoms with E-state index in [0.717, 1.165) is 18.4 Å². The normalized spacial score (nSPS) is 10.8. The first kappa shape index (κ1) is 10.3. The van der Waals surface area contributed by atoms with Crippen LogP contribution < -0.4 is 5.73 Å². The van der Waals surface area contributed by atoms with Gasteiger partial charge in [-0.05, 0) is 30.4 Å². The van der Waals surface area contributed by atoms with E-state index in [1.54, 1.807) is 6.20 Å². The smallest absolute Gasteiger partial charge is 0.152 e. The maximum atomic E-state index is 5.79. The maximum Gasteiger partial charge on any atom is 0.152 e. The van der Waals surface area contributed by atoms with Crippen LogP contribution in [-0.2, 0) is 6.42 Å². The van der Waals surface area contributed by atoms with Gasteiger partial charge in [-0.2, -0.15) is 0 Å². The Kier molecular flexibility index (Phi) is 3.55. The van der Waals surface area contributed by atoms with Crippen LogP contribution in [0.5, 0.6) is 0 Å². The van der Waals surface area contributed by atoms with Gasteiger partial charge in [0, 0.05) is 6.20 Å². The lowest BCUT2D eigenvalue weighted by atomic mass is 10.0. The topological polar surface area (TPSA) is 38.9 Å². The first-order valence-corrected chi connectivity index (χ1v) is 4.88. The number of aromatic nitrogens is 1. The second-order valence-corrected chi connectivity index (χ2v) is 3.97. The van der Waals surface area contributed by atoms with Crippen molar-refractivity contribution in [1.29, 1.82) is 0 Å². The number of pyridine rings is 1. The van der Waals surface area contributed by atoms with Crippen LogP contribution in [0, 0.1) is 5.92 Å². The van der Waals surface area contributed by atoms with Crippen LogP contribution in [0.3, 0.4) is 0 Å². The third-order valence-corrected chi connectivity index (χ3v) is 2.32. The van der Waals surface area contributed by atoms with E-state index in [1.807, 2.05) is 6.07 Å². The van der Waals surface area contributed by atoms with E-state index in [2.05, 4.69) is 18.8 Å². The van der Waals surface area contributed by atoms with Gasteiger partial charge in [-0.15, -0.1) is 0 Å². The van der Waals surface area contributed by atoms with Gasteiger partial charge in [-0.1, -0.05) is 25.4 Å². The van der Waals surface area contributed by atoms with Crippen molar-refractivity contribution in [3.05, 3.63) is 23.0 Å². The molecule has 2 N–H and O–H groups in total. The fourth-order valence-electron chi connectivity index (χ4n) is 1.15. The Hall–Kier alpha value is -0.760. The molecule has 0 bridgehead atoms. The molecule has 0 aliphatic heterocycles. The molecule has 0 radical (unpaired) electrons. The summed E-state index contributed by atoms with van der Waals surface area (Å²) in [6, 6.07) is 1.93. The highest BCUT2D eigenvalue weighted by molar-refractivity contribution is 6.31. The molecule has 0 saturated heterocycles. The average molecular weight is 199 g/mol. The molecule has 72 valence electrons. The largest absolute Gasteiger partial charge is 0.396 e. The second kappa shape index (κ2) is 4.47. The minimum atomic E-state index is 0.418.